The summed E-state index contributed by atoms with van der Waals surface area (Å²) in [5, 5.41) is 4.16. The van der Waals surface area contributed by atoms with E-state index in [1.807, 2.05) is 20.8 Å². The van der Waals surface area contributed by atoms with E-state index in [1.54, 1.807) is 29.9 Å². The molecule has 0 fully saturated rings. The van der Waals surface area contributed by atoms with Crippen molar-refractivity contribution in [3.63, 3.8) is 0 Å². The van der Waals surface area contributed by atoms with Crippen LogP contribution in [0.5, 0.6) is 0 Å². The Labute approximate surface area is 96.2 Å². The molecule has 0 aliphatic rings. The lowest BCUT2D eigenvalue weighted by Gasteiger charge is -2.34. The molecule has 1 aromatic rings. The Morgan fingerprint density at radius 2 is 2.19 bits per heavy atom. The lowest BCUT2D eigenvalue weighted by molar-refractivity contribution is 0.0639. The second-order valence-electron chi connectivity index (χ2n) is 4.68. The number of rotatable bonds is 3. The minimum Gasteiger partial charge on any atom is -0.335 e. The van der Waals surface area contributed by atoms with E-state index in [1.165, 1.54) is 0 Å². The topological polar surface area (TPSA) is 64.2 Å². The van der Waals surface area contributed by atoms with Crippen molar-refractivity contribution < 1.29 is 4.79 Å². The van der Waals surface area contributed by atoms with Crippen molar-refractivity contribution in [2.75, 3.05) is 13.6 Å². The van der Waals surface area contributed by atoms with Crippen molar-refractivity contribution in [1.29, 1.82) is 0 Å². The Morgan fingerprint density at radius 1 is 1.62 bits per heavy atom. The van der Waals surface area contributed by atoms with Crippen LogP contribution in [0, 0.1) is 6.92 Å². The third kappa shape index (κ3) is 2.24. The van der Waals surface area contributed by atoms with Crippen LogP contribution in [0.3, 0.4) is 0 Å². The van der Waals surface area contributed by atoms with Crippen LogP contribution in [0.25, 0.3) is 0 Å². The molecule has 0 aliphatic heterocycles. The molecule has 16 heavy (non-hydrogen) atoms. The van der Waals surface area contributed by atoms with Gasteiger partial charge in [0.05, 0.1) is 11.3 Å². The quantitative estimate of drug-likeness (QED) is 0.815. The molecular weight excluding hydrogens is 204 g/mol. The number of nitrogens with zero attached hydrogens (tertiary/aromatic N) is 3. The van der Waals surface area contributed by atoms with E-state index in [9.17, 15) is 4.79 Å². The molecule has 90 valence electrons. The summed E-state index contributed by atoms with van der Waals surface area (Å²) in [7, 11) is 3.57. The summed E-state index contributed by atoms with van der Waals surface area (Å²) in [6.07, 6.45) is 1.74. The van der Waals surface area contributed by atoms with Crippen LogP contribution in [-0.4, -0.2) is 39.7 Å². The highest BCUT2D eigenvalue weighted by Gasteiger charge is 2.28. The smallest absolute Gasteiger partial charge is 0.257 e. The fourth-order valence-electron chi connectivity index (χ4n) is 1.40. The zero-order valence-electron chi connectivity index (χ0n) is 10.6. The number of nitrogens with two attached hydrogens (primary N) is 1. The summed E-state index contributed by atoms with van der Waals surface area (Å²) >= 11 is 0. The molecule has 1 aromatic heterocycles. The number of carbonyl (C=O) groups excluding carboxylic acids is 1. The highest BCUT2D eigenvalue weighted by Crippen LogP contribution is 2.16. The highest BCUT2D eigenvalue weighted by atomic mass is 16.2. The van der Waals surface area contributed by atoms with Gasteiger partial charge < -0.3 is 10.6 Å². The summed E-state index contributed by atoms with van der Waals surface area (Å²) in [6.45, 7) is 6.14. The maximum absolute atomic E-state index is 12.2. The Kier molecular flexibility index (Phi) is 3.38. The van der Waals surface area contributed by atoms with Crippen molar-refractivity contribution >= 4 is 5.91 Å². The zero-order chi connectivity index (χ0) is 12.5. The molecule has 5 heteroatoms. The number of likely N-dealkylation sites (N-methyl/N-ethyl adjacent to an activating group) is 1. The van der Waals surface area contributed by atoms with Gasteiger partial charge in [0.2, 0.25) is 0 Å². The molecule has 0 radical (unpaired) electrons. The molecule has 0 aromatic carbocycles. The SMILES string of the molecule is Cc1nn(C)cc1C(=O)N(C)C(C)(C)CN. The van der Waals surface area contributed by atoms with Crippen molar-refractivity contribution in [3.05, 3.63) is 17.5 Å². The lowest BCUT2D eigenvalue weighted by Crippen LogP contribution is -2.50. The van der Waals surface area contributed by atoms with E-state index in [0.717, 1.165) is 5.69 Å². The molecule has 0 atom stereocenters. The predicted molar refractivity (Wildman–Crippen MR) is 63.2 cm³/mol. The van der Waals surface area contributed by atoms with Gasteiger partial charge in [-0.25, -0.2) is 0 Å². The average molecular weight is 224 g/mol. The molecule has 0 bridgehead atoms. The molecule has 1 amide bonds. The number of aryl methyl sites for hydroxylation is 2. The molecule has 0 aliphatic carbocycles. The summed E-state index contributed by atoms with van der Waals surface area (Å²) < 4.78 is 1.64. The molecule has 2 N–H and O–H groups in total. The van der Waals surface area contributed by atoms with E-state index >= 15 is 0 Å². The molecule has 1 heterocycles. The molecule has 5 nitrogen and oxygen atoms in total. The van der Waals surface area contributed by atoms with Crippen LogP contribution in [0.2, 0.25) is 0 Å². The van der Waals surface area contributed by atoms with Crippen LogP contribution < -0.4 is 5.73 Å². The number of aromatic nitrogens is 2. The van der Waals surface area contributed by atoms with E-state index in [-0.39, 0.29) is 11.4 Å². The normalized spacial score (nSPS) is 11.6. The maximum Gasteiger partial charge on any atom is 0.257 e. The number of hydrogen-bond donors (Lipinski definition) is 1. The molecule has 0 spiro atoms. The highest BCUT2D eigenvalue weighted by molar-refractivity contribution is 5.95. The van der Waals surface area contributed by atoms with Crippen molar-refractivity contribution in [1.82, 2.24) is 14.7 Å². The Morgan fingerprint density at radius 3 is 2.56 bits per heavy atom. The zero-order valence-corrected chi connectivity index (χ0v) is 10.6. The first-order chi connectivity index (χ1) is 7.29. The first kappa shape index (κ1) is 12.7. The molecule has 0 saturated heterocycles. The Bertz CT molecular complexity index is 395. The van der Waals surface area contributed by atoms with Gasteiger partial charge in [0, 0.05) is 32.4 Å². The molecule has 0 saturated carbocycles. The summed E-state index contributed by atoms with van der Waals surface area (Å²) in [5.41, 5.74) is 6.68. The Hall–Kier alpha value is -1.36. The fraction of sp³-hybridized carbons (Fsp3) is 0.636. The van der Waals surface area contributed by atoms with Gasteiger partial charge in [-0.3, -0.25) is 9.48 Å². The van der Waals surface area contributed by atoms with E-state index in [0.29, 0.717) is 12.1 Å². The monoisotopic (exact) mass is 224 g/mol. The van der Waals surface area contributed by atoms with E-state index < -0.39 is 0 Å². The van der Waals surface area contributed by atoms with Gasteiger partial charge >= 0.3 is 0 Å². The van der Waals surface area contributed by atoms with Crippen LogP contribution in [0.4, 0.5) is 0 Å². The predicted octanol–water partition coefficient (Wildman–Crippen LogP) is 0.538. The maximum atomic E-state index is 12.2. The largest absolute Gasteiger partial charge is 0.335 e. The molecule has 0 unspecified atom stereocenters. The standard InChI is InChI=1S/C11H20N4O/c1-8-9(6-14(4)13-8)10(16)15(5)11(2,3)7-12/h6H,7,12H2,1-5H3. The van der Waals surface area contributed by atoms with Gasteiger partial charge in [-0.05, 0) is 20.8 Å². The first-order valence-electron chi connectivity index (χ1n) is 5.28. The summed E-state index contributed by atoms with van der Waals surface area (Å²) in [5.74, 6) is -0.0407. The van der Waals surface area contributed by atoms with Crippen LogP contribution in [0.15, 0.2) is 6.20 Å². The number of carbonyl (C=O) groups is 1. The van der Waals surface area contributed by atoms with E-state index in [4.69, 9.17) is 5.73 Å². The van der Waals surface area contributed by atoms with Crippen molar-refractivity contribution in [3.8, 4) is 0 Å². The second-order valence-corrected chi connectivity index (χ2v) is 4.68. The minimum atomic E-state index is -0.348. The average Bonchev–Trinajstić information content (AvgIpc) is 2.55. The van der Waals surface area contributed by atoms with Gasteiger partial charge in [-0.1, -0.05) is 0 Å². The van der Waals surface area contributed by atoms with Gasteiger partial charge in [-0.2, -0.15) is 5.10 Å². The van der Waals surface area contributed by atoms with Crippen molar-refractivity contribution in [2.45, 2.75) is 26.3 Å². The summed E-state index contributed by atoms with van der Waals surface area (Å²) in [6, 6.07) is 0. The Balaban J connectivity index is 2.99. The van der Waals surface area contributed by atoms with Crippen LogP contribution >= 0.6 is 0 Å². The third-order valence-electron chi connectivity index (χ3n) is 2.96. The third-order valence-corrected chi connectivity index (χ3v) is 2.96. The lowest BCUT2D eigenvalue weighted by atomic mass is 10.0. The number of hydrogen-bond acceptors (Lipinski definition) is 3. The second kappa shape index (κ2) is 4.25. The van der Waals surface area contributed by atoms with E-state index in [2.05, 4.69) is 5.10 Å². The van der Waals surface area contributed by atoms with Gasteiger partial charge in [0.15, 0.2) is 0 Å². The number of amides is 1. The van der Waals surface area contributed by atoms with Crippen LogP contribution in [-0.2, 0) is 7.05 Å². The summed E-state index contributed by atoms with van der Waals surface area (Å²) in [4.78, 5) is 13.9. The van der Waals surface area contributed by atoms with Gasteiger partial charge in [0.25, 0.3) is 5.91 Å². The first-order valence-corrected chi connectivity index (χ1v) is 5.28. The van der Waals surface area contributed by atoms with Gasteiger partial charge in [-0.15, -0.1) is 0 Å². The van der Waals surface area contributed by atoms with Crippen molar-refractivity contribution in [2.24, 2.45) is 12.8 Å². The molecule has 1 rings (SSSR count). The van der Waals surface area contributed by atoms with Gasteiger partial charge in [0.1, 0.15) is 0 Å². The molecular formula is C11H20N4O. The fourth-order valence-corrected chi connectivity index (χ4v) is 1.40. The van der Waals surface area contributed by atoms with Crippen LogP contribution in [0.1, 0.15) is 29.9 Å². The minimum absolute atomic E-state index is 0.0407.